The van der Waals surface area contributed by atoms with Crippen LogP contribution in [0.5, 0.6) is 0 Å². The molecule has 0 spiro atoms. The minimum absolute atomic E-state index is 0.0930. The van der Waals surface area contributed by atoms with Crippen LogP contribution in [-0.2, 0) is 10.9 Å². The third-order valence-corrected chi connectivity index (χ3v) is 4.78. The molecule has 1 aliphatic rings. The van der Waals surface area contributed by atoms with Crippen LogP contribution in [0.3, 0.4) is 0 Å². The molecule has 1 atom stereocenters. The minimum atomic E-state index is -4.39. The van der Waals surface area contributed by atoms with Crippen LogP contribution >= 0.6 is 12.2 Å². The Labute approximate surface area is 167 Å². The molecular weight excluding hydrogens is 387 g/mol. The van der Waals surface area contributed by atoms with Crippen molar-refractivity contribution in [2.75, 3.05) is 36.5 Å². The maximum absolute atomic E-state index is 12.8. The normalized spacial score (nSPS) is 15.8. The summed E-state index contributed by atoms with van der Waals surface area (Å²) in [6, 6.07) is 13.0. The summed E-state index contributed by atoms with van der Waals surface area (Å²) in [7, 11) is 0. The molecular formula is C20H22F3N3OS. The topological polar surface area (TPSA) is 36.5 Å². The highest BCUT2D eigenvalue weighted by atomic mass is 32.1. The van der Waals surface area contributed by atoms with Crippen LogP contribution in [0.2, 0.25) is 0 Å². The molecule has 0 amide bonds. The SMILES string of the molecule is C[C@H](NC(=S)Nc1cccc(C(F)(F)F)c1)c1ccc(N2CCOCC2)cc1. The molecule has 8 heteroatoms. The van der Waals surface area contributed by atoms with E-state index in [2.05, 4.69) is 27.7 Å². The van der Waals surface area contributed by atoms with Gasteiger partial charge in [-0.25, -0.2) is 0 Å². The first-order valence-electron chi connectivity index (χ1n) is 9.00. The summed E-state index contributed by atoms with van der Waals surface area (Å²) in [5, 5.41) is 6.19. The van der Waals surface area contributed by atoms with Gasteiger partial charge in [0.1, 0.15) is 0 Å². The number of halogens is 3. The van der Waals surface area contributed by atoms with E-state index >= 15 is 0 Å². The summed E-state index contributed by atoms with van der Waals surface area (Å²) < 4.78 is 43.8. The van der Waals surface area contributed by atoms with Crippen molar-refractivity contribution in [1.29, 1.82) is 0 Å². The molecule has 3 rings (SSSR count). The van der Waals surface area contributed by atoms with E-state index in [-0.39, 0.29) is 11.2 Å². The summed E-state index contributed by atoms with van der Waals surface area (Å²) in [4.78, 5) is 2.27. The zero-order valence-corrected chi connectivity index (χ0v) is 16.2. The average molecular weight is 409 g/mol. The van der Waals surface area contributed by atoms with Crippen molar-refractivity contribution in [3.05, 3.63) is 59.7 Å². The van der Waals surface area contributed by atoms with Gasteiger partial charge in [0, 0.05) is 24.5 Å². The molecule has 1 heterocycles. The van der Waals surface area contributed by atoms with E-state index in [4.69, 9.17) is 17.0 Å². The van der Waals surface area contributed by atoms with E-state index in [1.54, 1.807) is 6.07 Å². The summed E-state index contributed by atoms with van der Waals surface area (Å²) >= 11 is 5.25. The maximum Gasteiger partial charge on any atom is 0.416 e. The standard InChI is InChI=1S/C20H22F3N3OS/c1-14(15-5-7-18(8-6-15)26-9-11-27-12-10-26)24-19(28)25-17-4-2-3-16(13-17)20(21,22)23/h2-8,13-14H,9-12H2,1H3,(H2,24,25,28)/t14-/m0/s1. The fourth-order valence-electron chi connectivity index (χ4n) is 3.02. The molecule has 2 aromatic carbocycles. The van der Waals surface area contributed by atoms with Gasteiger partial charge in [-0.2, -0.15) is 13.2 Å². The Morgan fingerprint density at radius 2 is 1.79 bits per heavy atom. The van der Waals surface area contributed by atoms with Crippen LogP contribution in [0, 0.1) is 0 Å². The molecule has 0 unspecified atom stereocenters. The summed E-state index contributed by atoms with van der Waals surface area (Å²) in [6.45, 7) is 5.16. The number of anilines is 2. The van der Waals surface area contributed by atoms with Crippen LogP contribution in [0.4, 0.5) is 24.5 Å². The number of alkyl halides is 3. The van der Waals surface area contributed by atoms with Gasteiger partial charge < -0.3 is 20.3 Å². The van der Waals surface area contributed by atoms with E-state index in [1.165, 1.54) is 6.07 Å². The molecule has 1 saturated heterocycles. The van der Waals surface area contributed by atoms with Crippen LogP contribution in [-0.4, -0.2) is 31.4 Å². The Hall–Kier alpha value is -2.32. The largest absolute Gasteiger partial charge is 0.416 e. The van der Waals surface area contributed by atoms with Crippen molar-refractivity contribution in [2.24, 2.45) is 0 Å². The lowest BCUT2D eigenvalue weighted by Crippen LogP contribution is -2.36. The van der Waals surface area contributed by atoms with Gasteiger partial charge in [-0.15, -0.1) is 0 Å². The fourth-order valence-corrected chi connectivity index (χ4v) is 3.31. The Morgan fingerprint density at radius 3 is 2.43 bits per heavy atom. The quantitative estimate of drug-likeness (QED) is 0.723. The number of rotatable bonds is 4. The number of nitrogens with zero attached hydrogens (tertiary/aromatic N) is 1. The Balaban J connectivity index is 1.58. The van der Waals surface area contributed by atoms with Crippen molar-refractivity contribution in [3.63, 3.8) is 0 Å². The van der Waals surface area contributed by atoms with E-state index in [0.717, 1.165) is 49.7 Å². The highest BCUT2D eigenvalue weighted by molar-refractivity contribution is 7.80. The second-order valence-electron chi connectivity index (χ2n) is 6.59. The van der Waals surface area contributed by atoms with Crippen molar-refractivity contribution in [1.82, 2.24) is 5.32 Å². The Morgan fingerprint density at radius 1 is 1.11 bits per heavy atom. The van der Waals surface area contributed by atoms with Gasteiger partial charge in [-0.1, -0.05) is 18.2 Å². The minimum Gasteiger partial charge on any atom is -0.378 e. The fraction of sp³-hybridized carbons (Fsp3) is 0.350. The van der Waals surface area contributed by atoms with Gasteiger partial charge >= 0.3 is 6.18 Å². The molecule has 0 bridgehead atoms. The second kappa shape index (κ2) is 8.79. The van der Waals surface area contributed by atoms with Crippen LogP contribution in [0.1, 0.15) is 24.1 Å². The second-order valence-corrected chi connectivity index (χ2v) is 7.00. The zero-order valence-electron chi connectivity index (χ0n) is 15.4. The number of benzene rings is 2. The third kappa shape index (κ3) is 5.36. The van der Waals surface area contributed by atoms with Gasteiger partial charge in [-0.3, -0.25) is 0 Å². The third-order valence-electron chi connectivity index (χ3n) is 4.56. The molecule has 4 nitrogen and oxygen atoms in total. The van der Waals surface area contributed by atoms with Gasteiger partial charge in [0.15, 0.2) is 5.11 Å². The number of hydrogen-bond donors (Lipinski definition) is 2. The monoisotopic (exact) mass is 409 g/mol. The van der Waals surface area contributed by atoms with E-state index in [9.17, 15) is 13.2 Å². The molecule has 1 aliphatic heterocycles. The van der Waals surface area contributed by atoms with Gasteiger partial charge in [0.2, 0.25) is 0 Å². The lowest BCUT2D eigenvalue weighted by atomic mass is 10.1. The highest BCUT2D eigenvalue weighted by Gasteiger charge is 2.30. The highest BCUT2D eigenvalue weighted by Crippen LogP contribution is 2.30. The van der Waals surface area contributed by atoms with E-state index in [1.807, 2.05) is 19.1 Å². The first kappa shape index (κ1) is 20.4. The molecule has 150 valence electrons. The molecule has 0 saturated carbocycles. The zero-order chi connectivity index (χ0) is 20.1. The summed E-state index contributed by atoms with van der Waals surface area (Å²) in [5.41, 5.74) is 1.75. The first-order chi connectivity index (χ1) is 13.3. The van der Waals surface area contributed by atoms with Crippen LogP contribution < -0.4 is 15.5 Å². The van der Waals surface area contributed by atoms with Gasteiger partial charge in [0.05, 0.1) is 24.8 Å². The lowest BCUT2D eigenvalue weighted by molar-refractivity contribution is -0.137. The van der Waals surface area contributed by atoms with Crippen molar-refractivity contribution >= 4 is 28.7 Å². The number of nitrogens with one attached hydrogen (secondary N) is 2. The molecule has 0 aliphatic carbocycles. The molecule has 28 heavy (non-hydrogen) atoms. The number of hydrogen-bond acceptors (Lipinski definition) is 3. The molecule has 2 N–H and O–H groups in total. The summed E-state index contributed by atoms with van der Waals surface area (Å²) in [6.07, 6.45) is -4.39. The van der Waals surface area contributed by atoms with E-state index < -0.39 is 11.7 Å². The van der Waals surface area contributed by atoms with Crippen molar-refractivity contribution < 1.29 is 17.9 Å². The van der Waals surface area contributed by atoms with Crippen LogP contribution in [0.15, 0.2) is 48.5 Å². The van der Waals surface area contributed by atoms with Gasteiger partial charge in [-0.05, 0) is 55.0 Å². The molecule has 1 fully saturated rings. The first-order valence-corrected chi connectivity index (χ1v) is 9.41. The lowest BCUT2D eigenvalue weighted by Gasteiger charge is -2.29. The molecule has 0 aromatic heterocycles. The van der Waals surface area contributed by atoms with Crippen LogP contribution in [0.25, 0.3) is 0 Å². The van der Waals surface area contributed by atoms with Gasteiger partial charge in [0.25, 0.3) is 0 Å². The predicted molar refractivity (Wildman–Crippen MR) is 109 cm³/mol. The summed E-state index contributed by atoms with van der Waals surface area (Å²) in [5.74, 6) is 0. The number of morpholine rings is 1. The Kier molecular flexibility index (Phi) is 6.41. The smallest absolute Gasteiger partial charge is 0.378 e. The Bertz CT molecular complexity index is 805. The molecule has 2 aromatic rings. The number of thiocarbonyl (C=S) groups is 1. The van der Waals surface area contributed by atoms with E-state index in [0.29, 0.717) is 5.69 Å². The van der Waals surface area contributed by atoms with Crippen molar-refractivity contribution in [2.45, 2.75) is 19.1 Å². The average Bonchev–Trinajstić information content (AvgIpc) is 2.68. The molecule has 0 radical (unpaired) electrons. The maximum atomic E-state index is 12.8. The number of ether oxygens (including phenoxy) is 1. The van der Waals surface area contributed by atoms with Crippen molar-refractivity contribution in [3.8, 4) is 0 Å². The predicted octanol–water partition coefficient (Wildman–Crippen LogP) is 4.59.